The van der Waals surface area contributed by atoms with Gasteiger partial charge in [-0.3, -0.25) is 4.79 Å². The van der Waals surface area contributed by atoms with Crippen LogP contribution >= 0.6 is 0 Å². The normalized spacial score (nSPS) is 18.8. The van der Waals surface area contributed by atoms with Gasteiger partial charge in [-0.15, -0.1) is 0 Å². The van der Waals surface area contributed by atoms with Gasteiger partial charge in [-0.1, -0.05) is 0 Å². The highest BCUT2D eigenvalue weighted by Gasteiger charge is 2.17. The number of amides is 1. The summed E-state index contributed by atoms with van der Waals surface area (Å²) in [5.41, 5.74) is 0. The Labute approximate surface area is 103 Å². The van der Waals surface area contributed by atoms with E-state index in [4.69, 9.17) is 4.74 Å². The monoisotopic (exact) mass is 254 g/mol. The SMILES string of the molecule is O=C(Cn1cnc([N+](=O)[O-])c1)NCC1CCCO1. The average molecular weight is 254 g/mol. The molecule has 1 aliphatic heterocycles. The second kappa shape index (κ2) is 5.58. The molecular weight excluding hydrogens is 240 g/mol. The Kier molecular flexibility index (Phi) is 3.88. The zero-order valence-corrected chi connectivity index (χ0v) is 9.74. The van der Waals surface area contributed by atoms with Crippen molar-refractivity contribution in [1.82, 2.24) is 14.9 Å². The minimum atomic E-state index is -0.596. The molecule has 1 amide bonds. The van der Waals surface area contributed by atoms with Gasteiger partial charge in [0.15, 0.2) is 0 Å². The van der Waals surface area contributed by atoms with Crippen LogP contribution in [0, 0.1) is 10.1 Å². The highest BCUT2D eigenvalue weighted by Crippen LogP contribution is 2.10. The molecule has 0 saturated carbocycles. The van der Waals surface area contributed by atoms with Crippen molar-refractivity contribution in [2.75, 3.05) is 13.2 Å². The average Bonchev–Trinajstić information content (AvgIpc) is 2.96. The van der Waals surface area contributed by atoms with Gasteiger partial charge in [0.2, 0.25) is 12.2 Å². The van der Waals surface area contributed by atoms with Crippen molar-refractivity contribution in [2.24, 2.45) is 0 Å². The molecule has 98 valence electrons. The van der Waals surface area contributed by atoms with E-state index < -0.39 is 4.92 Å². The molecule has 1 saturated heterocycles. The molecule has 8 nitrogen and oxygen atoms in total. The predicted octanol–water partition coefficient (Wildman–Crippen LogP) is 0.0865. The summed E-state index contributed by atoms with van der Waals surface area (Å²) in [5.74, 6) is -0.472. The highest BCUT2D eigenvalue weighted by atomic mass is 16.6. The second-order valence-corrected chi connectivity index (χ2v) is 4.10. The van der Waals surface area contributed by atoms with Gasteiger partial charge < -0.3 is 24.7 Å². The van der Waals surface area contributed by atoms with E-state index >= 15 is 0 Å². The van der Waals surface area contributed by atoms with Gasteiger partial charge in [0, 0.05) is 13.2 Å². The van der Waals surface area contributed by atoms with Crippen LogP contribution in [0.5, 0.6) is 0 Å². The van der Waals surface area contributed by atoms with Crippen LogP contribution in [0.3, 0.4) is 0 Å². The van der Waals surface area contributed by atoms with E-state index in [1.807, 2.05) is 0 Å². The van der Waals surface area contributed by atoms with Gasteiger partial charge in [0.1, 0.15) is 12.7 Å². The summed E-state index contributed by atoms with van der Waals surface area (Å²) < 4.78 is 6.74. The van der Waals surface area contributed by atoms with E-state index in [1.165, 1.54) is 17.1 Å². The molecule has 0 radical (unpaired) electrons. The summed E-state index contributed by atoms with van der Waals surface area (Å²) in [5, 5.41) is 13.1. The Morgan fingerprint density at radius 1 is 1.72 bits per heavy atom. The molecule has 8 heteroatoms. The largest absolute Gasteiger partial charge is 0.381 e. The minimum absolute atomic E-state index is 0.0214. The van der Waals surface area contributed by atoms with Gasteiger partial charge in [0.05, 0.1) is 6.10 Å². The number of carbonyl (C=O) groups is 1. The van der Waals surface area contributed by atoms with E-state index in [1.54, 1.807) is 0 Å². The third-order valence-electron chi connectivity index (χ3n) is 2.68. The third kappa shape index (κ3) is 3.27. The van der Waals surface area contributed by atoms with Crippen LogP contribution in [0.4, 0.5) is 5.82 Å². The number of carbonyl (C=O) groups excluding carboxylic acids is 1. The van der Waals surface area contributed by atoms with Crippen LogP contribution < -0.4 is 5.32 Å². The third-order valence-corrected chi connectivity index (χ3v) is 2.68. The number of rotatable bonds is 5. The summed E-state index contributed by atoms with van der Waals surface area (Å²) in [7, 11) is 0. The first-order valence-electron chi connectivity index (χ1n) is 5.69. The standard InChI is InChI=1S/C10H14N4O4/c15-10(11-4-8-2-1-3-18-8)6-13-5-9(12-7-13)14(16)17/h5,7-8H,1-4,6H2,(H,11,15). The maximum atomic E-state index is 11.6. The summed E-state index contributed by atoms with van der Waals surface area (Å²) in [6.45, 7) is 1.25. The van der Waals surface area contributed by atoms with Crippen molar-refractivity contribution >= 4 is 11.7 Å². The van der Waals surface area contributed by atoms with Crippen LogP contribution in [-0.2, 0) is 16.1 Å². The van der Waals surface area contributed by atoms with Crippen molar-refractivity contribution in [3.05, 3.63) is 22.6 Å². The Hall–Kier alpha value is -1.96. The number of hydrogen-bond acceptors (Lipinski definition) is 5. The van der Waals surface area contributed by atoms with Crippen LogP contribution in [0.2, 0.25) is 0 Å². The quantitative estimate of drug-likeness (QED) is 0.592. The molecule has 0 bridgehead atoms. The molecule has 1 aromatic rings. The number of aromatic nitrogens is 2. The predicted molar refractivity (Wildman–Crippen MR) is 60.9 cm³/mol. The number of nitro groups is 1. The fourth-order valence-electron chi connectivity index (χ4n) is 1.78. The summed E-state index contributed by atoms with van der Waals surface area (Å²) in [4.78, 5) is 24.9. The van der Waals surface area contributed by atoms with Crippen LogP contribution in [-0.4, -0.2) is 39.6 Å². The summed E-state index contributed by atoms with van der Waals surface area (Å²) in [6.07, 6.45) is 4.56. The first kappa shape index (κ1) is 12.5. The summed E-state index contributed by atoms with van der Waals surface area (Å²) in [6, 6.07) is 0. The van der Waals surface area contributed by atoms with Crippen LogP contribution in [0.15, 0.2) is 12.5 Å². The second-order valence-electron chi connectivity index (χ2n) is 4.10. The molecule has 1 fully saturated rings. The minimum Gasteiger partial charge on any atom is -0.376 e. The van der Waals surface area contributed by atoms with Gasteiger partial charge in [0.25, 0.3) is 0 Å². The first-order valence-corrected chi connectivity index (χ1v) is 5.69. The Morgan fingerprint density at radius 3 is 3.17 bits per heavy atom. The van der Waals surface area contributed by atoms with Crippen LogP contribution in [0.1, 0.15) is 12.8 Å². The molecule has 1 aliphatic rings. The lowest BCUT2D eigenvalue weighted by molar-refractivity contribution is -0.389. The molecule has 0 aliphatic carbocycles. The first-order chi connectivity index (χ1) is 8.65. The van der Waals surface area contributed by atoms with Gasteiger partial charge in [-0.2, -0.15) is 0 Å². The Balaban J connectivity index is 1.77. The van der Waals surface area contributed by atoms with Gasteiger partial charge in [-0.05, 0) is 22.7 Å². The van der Waals surface area contributed by atoms with E-state index in [0.29, 0.717) is 6.54 Å². The zero-order chi connectivity index (χ0) is 13.0. The molecule has 2 rings (SSSR count). The molecular formula is C10H14N4O4. The molecule has 0 aromatic carbocycles. The number of imidazole rings is 1. The van der Waals surface area contributed by atoms with Gasteiger partial charge >= 0.3 is 5.82 Å². The van der Waals surface area contributed by atoms with Crippen LogP contribution in [0.25, 0.3) is 0 Å². The van der Waals surface area contributed by atoms with Gasteiger partial charge in [-0.25, -0.2) is 0 Å². The smallest absolute Gasteiger partial charge is 0.376 e. The lowest BCUT2D eigenvalue weighted by Gasteiger charge is -2.10. The number of nitrogens with one attached hydrogen (secondary N) is 1. The van der Waals surface area contributed by atoms with Crippen molar-refractivity contribution < 1.29 is 14.5 Å². The van der Waals surface area contributed by atoms with E-state index in [9.17, 15) is 14.9 Å². The highest BCUT2D eigenvalue weighted by molar-refractivity contribution is 5.75. The van der Waals surface area contributed by atoms with E-state index in [0.717, 1.165) is 19.4 Å². The molecule has 1 aromatic heterocycles. The van der Waals surface area contributed by atoms with Crippen molar-refractivity contribution in [3.8, 4) is 0 Å². The molecule has 1 unspecified atom stereocenters. The molecule has 18 heavy (non-hydrogen) atoms. The van der Waals surface area contributed by atoms with Crippen molar-refractivity contribution in [2.45, 2.75) is 25.5 Å². The molecule has 1 N–H and O–H groups in total. The van der Waals surface area contributed by atoms with E-state index in [2.05, 4.69) is 10.3 Å². The molecule has 2 heterocycles. The fourth-order valence-corrected chi connectivity index (χ4v) is 1.78. The lowest BCUT2D eigenvalue weighted by Crippen LogP contribution is -2.33. The number of nitrogens with zero attached hydrogens (tertiary/aromatic N) is 3. The molecule has 0 spiro atoms. The Bertz CT molecular complexity index is 439. The summed E-state index contributed by atoms with van der Waals surface area (Å²) >= 11 is 0. The maximum Gasteiger partial charge on any atom is 0.381 e. The number of ether oxygens (including phenoxy) is 1. The topological polar surface area (TPSA) is 99.3 Å². The van der Waals surface area contributed by atoms with Crippen molar-refractivity contribution in [3.63, 3.8) is 0 Å². The van der Waals surface area contributed by atoms with E-state index in [-0.39, 0.29) is 24.4 Å². The molecule has 1 atom stereocenters. The fraction of sp³-hybridized carbons (Fsp3) is 0.600. The van der Waals surface area contributed by atoms with Crippen molar-refractivity contribution in [1.29, 1.82) is 0 Å². The maximum absolute atomic E-state index is 11.6. The number of hydrogen-bond donors (Lipinski definition) is 1. The lowest BCUT2D eigenvalue weighted by atomic mass is 10.2. The zero-order valence-electron chi connectivity index (χ0n) is 9.74. The Morgan fingerprint density at radius 2 is 2.56 bits per heavy atom.